The summed E-state index contributed by atoms with van der Waals surface area (Å²) in [5.41, 5.74) is 3.73. The average Bonchev–Trinajstić information content (AvgIpc) is 3.46. The van der Waals surface area contributed by atoms with E-state index in [4.69, 9.17) is 16.0 Å². The molecule has 0 unspecified atom stereocenters. The summed E-state index contributed by atoms with van der Waals surface area (Å²) >= 11 is 7.74. The van der Waals surface area contributed by atoms with E-state index >= 15 is 0 Å². The van der Waals surface area contributed by atoms with Crippen LogP contribution in [-0.4, -0.2) is 19.2 Å². The quantitative estimate of drug-likeness (QED) is 0.337. The second-order valence-corrected chi connectivity index (χ2v) is 8.31. The van der Waals surface area contributed by atoms with Gasteiger partial charge in [-0.25, -0.2) is 0 Å². The third-order valence-electron chi connectivity index (χ3n) is 5.10. The average molecular weight is 449 g/mol. The maximum Gasteiger partial charge on any atom is 0.300 e. The normalized spacial score (nSPS) is 11.3. The SMILES string of the molecule is Cc1c(Cl)cccc1-n1ccn2c(SCc3ccccc3-c3ccco3)nnc2c1=O. The fraction of sp³-hybridized carbons (Fsp3) is 0.0870. The van der Waals surface area contributed by atoms with Crippen LogP contribution in [0.15, 0.2) is 87.6 Å². The Balaban J connectivity index is 1.48. The minimum atomic E-state index is -0.247. The largest absolute Gasteiger partial charge is 0.464 e. The highest BCUT2D eigenvalue weighted by Crippen LogP contribution is 2.29. The van der Waals surface area contributed by atoms with Crippen LogP contribution in [0.4, 0.5) is 0 Å². The number of thioether (sulfide) groups is 1. The van der Waals surface area contributed by atoms with E-state index in [0.717, 1.165) is 28.1 Å². The molecule has 3 aromatic heterocycles. The predicted octanol–water partition coefficient (Wildman–Crippen LogP) is 5.39. The van der Waals surface area contributed by atoms with Crippen LogP contribution in [0, 0.1) is 6.92 Å². The van der Waals surface area contributed by atoms with Crippen molar-refractivity contribution in [2.24, 2.45) is 0 Å². The van der Waals surface area contributed by atoms with E-state index in [2.05, 4.69) is 16.3 Å². The van der Waals surface area contributed by atoms with E-state index in [1.165, 1.54) is 11.8 Å². The van der Waals surface area contributed by atoms with Crippen LogP contribution in [0.2, 0.25) is 5.02 Å². The molecule has 0 aliphatic rings. The lowest BCUT2D eigenvalue weighted by Gasteiger charge is -2.10. The summed E-state index contributed by atoms with van der Waals surface area (Å²) in [6.07, 6.45) is 5.19. The Kier molecular flexibility index (Phi) is 5.13. The second kappa shape index (κ2) is 8.09. The van der Waals surface area contributed by atoms with E-state index in [0.29, 0.717) is 15.9 Å². The zero-order valence-electron chi connectivity index (χ0n) is 16.5. The lowest BCUT2D eigenvalue weighted by Crippen LogP contribution is -2.21. The van der Waals surface area contributed by atoms with Crippen molar-refractivity contribution < 1.29 is 4.42 Å². The lowest BCUT2D eigenvalue weighted by molar-refractivity contribution is 0.582. The number of nitrogens with zero attached hydrogens (tertiary/aromatic N) is 4. The Morgan fingerprint density at radius 3 is 2.74 bits per heavy atom. The van der Waals surface area contributed by atoms with Crippen molar-refractivity contribution >= 4 is 29.0 Å². The molecule has 31 heavy (non-hydrogen) atoms. The summed E-state index contributed by atoms with van der Waals surface area (Å²) in [6.45, 7) is 1.88. The van der Waals surface area contributed by atoms with Gasteiger partial charge in [0.15, 0.2) is 5.16 Å². The number of hydrogen-bond donors (Lipinski definition) is 0. The van der Waals surface area contributed by atoms with Crippen LogP contribution in [0.5, 0.6) is 0 Å². The summed E-state index contributed by atoms with van der Waals surface area (Å²) in [6, 6.07) is 17.4. The smallest absolute Gasteiger partial charge is 0.300 e. The van der Waals surface area contributed by atoms with Crippen molar-refractivity contribution in [3.63, 3.8) is 0 Å². The van der Waals surface area contributed by atoms with Crippen LogP contribution in [0.1, 0.15) is 11.1 Å². The van der Waals surface area contributed by atoms with Gasteiger partial charge in [-0.05, 0) is 42.3 Å². The van der Waals surface area contributed by atoms with Crippen LogP contribution in [-0.2, 0) is 5.75 Å². The molecule has 0 saturated carbocycles. The topological polar surface area (TPSA) is 65.3 Å². The maximum absolute atomic E-state index is 13.1. The van der Waals surface area contributed by atoms with Gasteiger partial charge in [0.1, 0.15) is 5.76 Å². The molecule has 5 aromatic rings. The van der Waals surface area contributed by atoms with Gasteiger partial charge in [-0.2, -0.15) is 0 Å². The molecule has 0 aliphatic carbocycles. The Hall–Kier alpha value is -3.29. The number of fused-ring (bicyclic) bond motifs is 1. The minimum Gasteiger partial charge on any atom is -0.464 e. The first-order valence-corrected chi connectivity index (χ1v) is 11.0. The lowest BCUT2D eigenvalue weighted by atomic mass is 10.1. The first kappa shape index (κ1) is 19.7. The van der Waals surface area contributed by atoms with Crippen molar-refractivity contribution in [1.82, 2.24) is 19.2 Å². The number of benzene rings is 2. The van der Waals surface area contributed by atoms with E-state index in [-0.39, 0.29) is 11.2 Å². The summed E-state index contributed by atoms with van der Waals surface area (Å²) in [5, 5.41) is 9.66. The highest BCUT2D eigenvalue weighted by atomic mass is 35.5. The highest BCUT2D eigenvalue weighted by molar-refractivity contribution is 7.98. The molecular formula is C23H17ClN4O2S. The van der Waals surface area contributed by atoms with Gasteiger partial charge in [-0.3, -0.25) is 13.8 Å². The van der Waals surface area contributed by atoms with Crippen LogP contribution < -0.4 is 5.56 Å². The molecule has 8 heteroatoms. The zero-order chi connectivity index (χ0) is 21.4. The van der Waals surface area contributed by atoms with Gasteiger partial charge >= 0.3 is 5.56 Å². The molecule has 0 bridgehead atoms. The van der Waals surface area contributed by atoms with Gasteiger partial charge in [-0.15, -0.1) is 10.2 Å². The number of halogens is 1. The molecule has 0 fully saturated rings. The number of aromatic nitrogens is 4. The summed E-state index contributed by atoms with van der Waals surface area (Å²) in [4.78, 5) is 13.1. The van der Waals surface area contributed by atoms with E-state index < -0.39 is 0 Å². The number of hydrogen-bond acceptors (Lipinski definition) is 5. The standard InChI is InChI=1S/C23H17ClN4O2S/c1-15-18(24)8-4-9-19(15)27-11-12-28-21(22(27)29)25-26-23(28)31-14-16-6-2-3-7-17(16)20-10-5-13-30-20/h2-13H,14H2,1H3. The molecule has 5 rings (SSSR count). The monoisotopic (exact) mass is 448 g/mol. The van der Waals surface area contributed by atoms with Crippen LogP contribution in [0.3, 0.4) is 0 Å². The summed E-state index contributed by atoms with van der Waals surface area (Å²) in [5.74, 6) is 1.48. The minimum absolute atomic E-state index is 0.247. The first-order valence-electron chi connectivity index (χ1n) is 9.60. The molecule has 0 N–H and O–H groups in total. The third kappa shape index (κ3) is 3.56. The molecule has 0 saturated heterocycles. The Morgan fingerprint density at radius 1 is 1.03 bits per heavy atom. The Bertz CT molecular complexity index is 1440. The molecule has 6 nitrogen and oxygen atoms in total. The molecule has 3 heterocycles. The van der Waals surface area contributed by atoms with Gasteiger partial charge < -0.3 is 4.42 Å². The van der Waals surface area contributed by atoms with E-state index in [1.54, 1.807) is 33.7 Å². The Morgan fingerprint density at radius 2 is 1.90 bits per heavy atom. The first-order chi connectivity index (χ1) is 15.1. The molecule has 0 radical (unpaired) electrons. The molecule has 0 atom stereocenters. The molecule has 2 aromatic carbocycles. The predicted molar refractivity (Wildman–Crippen MR) is 122 cm³/mol. The number of rotatable bonds is 5. The van der Waals surface area contributed by atoms with Crippen molar-refractivity contribution in [3.05, 3.63) is 99.8 Å². The molecular weight excluding hydrogens is 432 g/mol. The summed E-state index contributed by atoms with van der Waals surface area (Å²) in [7, 11) is 0. The maximum atomic E-state index is 13.1. The molecule has 0 spiro atoms. The third-order valence-corrected chi connectivity index (χ3v) is 6.50. The van der Waals surface area contributed by atoms with E-state index in [1.807, 2.05) is 49.4 Å². The van der Waals surface area contributed by atoms with Gasteiger partial charge in [0.05, 0.1) is 12.0 Å². The second-order valence-electron chi connectivity index (χ2n) is 6.96. The molecule has 154 valence electrons. The molecule has 0 amide bonds. The van der Waals surface area contributed by atoms with E-state index in [9.17, 15) is 4.79 Å². The molecule has 0 aliphatic heterocycles. The Labute approximate surface area is 187 Å². The fourth-order valence-electron chi connectivity index (χ4n) is 3.47. The van der Waals surface area contributed by atoms with Crippen molar-refractivity contribution in [2.45, 2.75) is 17.8 Å². The van der Waals surface area contributed by atoms with Gasteiger partial charge in [0.25, 0.3) is 0 Å². The zero-order valence-corrected chi connectivity index (χ0v) is 18.1. The van der Waals surface area contributed by atoms with Gasteiger partial charge in [-0.1, -0.05) is 53.7 Å². The van der Waals surface area contributed by atoms with Crippen molar-refractivity contribution in [1.29, 1.82) is 0 Å². The summed E-state index contributed by atoms with van der Waals surface area (Å²) < 4.78 is 8.83. The van der Waals surface area contributed by atoms with Crippen molar-refractivity contribution in [2.75, 3.05) is 0 Å². The highest BCUT2D eigenvalue weighted by Gasteiger charge is 2.15. The van der Waals surface area contributed by atoms with Gasteiger partial charge in [0, 0.05) is 28.7 Å². The van der Waals surface area contributed by atoms with Crippen LogP contribution >= 0.6 is 23.4 Å². The fourth-order valence-corrected chi connectivity index (χ4v) is 4.56. The number of furan rings is 1. The van der Waals surface area contributed by atoms with Gasteiger partial charge in [0.2, 0.25) is 5.65 Å². The van der Waals surface area contributed by atoms with Crippen LogP contribution in [0.25, 0.3) is 22.7 Å². The van der Waals surface area contributed by atoms with Crippen molar-refractivity contribution in [3.8, 4) is 17.0 Å².